The van der Waals surface area contributed by atoms with Gasteiger partial charge in [0.05, 0.1) is 11.4 Å². The molecule has 0 aliphatic heterocycles. The molecule has 4 aromatic rings. The van der Waals surface area contributed by atoms with E-state index in [1.807, 2.05) is 31.2 Å². The Morgan fingerprint density at radius 1 is 1.21 bits per heavy atom. The minimum Gasteiger partial charge on any atom is -0.381 e. The molecule has 2 aliphatic rings. The Balaban J connectivity index is 1.24. The van der Waals surface area contributed by atoms with Gasteiger partial charge < -0.3 is 16.0 Å². The van der Waals surface area contributed by atoms with Gasteiger partial charge in [-0.1, -0.05) is 49.7 Å². The van der Waals surface area contributed by atoms with Crippen LogP contribution in [-0.2, 0) is 0 Å². The second kappa shape index (κ2) is 10.2. The molecule has 8 nitrogen and oxygen atoms in total. The fourth-order valence-corrected chi connectivity index (χ4v) is 6.66. The number of hydrogen-bond acceptors (Lipinski definition) is 5. The number of anilines is 1. The Hall–Kier alpha value is -4.12. The number of aromatic nitrogens is 4. The summed E-state index contributed by atoms with van der Waals surface area (Å²) in [7, 11) is 0. The van der Waals surface area contributed by atoms with Crippen molar-refractivity contribution in [3.8, 4) is 11.8 Å². The number of hydrogen-bond donors (Lipinski definition) is 3. The number of nitrogen functional groups attached to an aromatic ring is 1. The van der Waals surface area contributed by atoms with Gasteiger partial charge in [0, 0.05) is 29.6 Å². The average molecular weight is 523 g/mol. The van der Waals surface area contributed by atoms with Crippen LogP contribution in [-0.4, -0.2) is 25.5 Å². The van der Waals surface area contributed by atoms with Gasteiger partial charge in [-0.15, -0.1) is 5.10 Å². The van der Waals surface area contributed by atoms with E-state index in [4.69, 9.17) is 5.73 Å². The fraction of sp³-hybridized carbons (Fsp3) is 0.419. The first kappa shape index (κ1) is 25.2. The van der Waals surface area contributed by atoms with Crippen molar-refractivity contribution in [2.45, 2.75) is 70.8 Å². The SMILES string of the molecule is CC(NC(=O)c1c(N)nn2cccnc12)c1cc2cccc(C#CC3CCCC4(CCCCC4)C3)c2c(=O)[nH]1. The number of fused-ring (bicyclic) bond motifs is 2. The summed E-state index contributed by atoms with van der Waals surface area (Å²) in [4.78, 5) is 33.6. The first-order chi connectivity index (χ1) is 18.9. The highest BCUT2D eigenvalue weighted by molar-refractivity contribution is 6.04. The first-order valence-electron chi connectivity index (χ1n) is 14.0. The van der Waals surface area contributed by atoms with Crippen LogP contribution >= 0.6 is 0 Å². The molecule has 0 saturated heterocycles. The maximum absolute atomic E-state index is 13.3. The van der Waals surface area contributed by atoms with E-state index >= 15 is 0 Å². The molecule has 6 rings (SSSR count). The number of carbonyl (C=O) groups excluding carboxylic acids is 1. The zero-order valence-corrected chi connectivity index (χ0v) is 22.3. The Labute approximate surface area is 227 Å². The third-order valence-electron chi connectivity index (χ3n) is 8.62. The molecule has 2 saturated carbocycles. The molecule has 2 aliphatic carbocycles. The van der Waals surface area contributed by atoms with Crippen molar-refractivity contribution in [2.24, 2.45) is 11.3 Å². The van der Waals surface area contributed by atoms with Crippen LogP contribution in [0.5, 0.6) is 0 Å². The second-order valence-electron chi connectivity index (χ2n) is 11.3. The van der Waals surface area contributed by atoms with Gasteiger partial charge >= 0.3 is 0 Å². The Morgan fingerprint density at radius 3 is 2.87 bits per heavy atom. The topological polar surface area (TPSA) is 118 Å². The quantitative estimate of drug-likeness (QED) is 0.322. The number of pyridine rings is 1. The minimum atomic E-state index is -0.476. The van der Waals surface area contributed by atoms with Crippen LogP contribution < -0.4 is 16.6 Å². The number of aromatic amines is 1. The summed E-state index contributed by atoms with van der Waals surface area (Å²) >= 11 is 0. The van der Waals surface area contributed by atoms with Crippen LogP contribution in [0.25, 0.3) is 16.4 Å². The van der Waals surface area contributed by atoms with E-state index in [1.165, 1.54) is 55.9 Å². The lowest BCUT2D eigenvalue weighted by Crippen LogP contribution is -2.30. The number of amides is 1. The molecule has 2 unspecified atom stereocenters. The Morgan fingerprint density at radius 2 is 2.03 bits per heavy atom. The van der Waals surface area contributed by atoms with Gasteiger partial charge in [-0.25, -0.2) is 9.50 Å². The molecule has 39 heavy (non-hydrogen) atoms. The number of rotatable bonds is 3. The molecule has 1 spiro atoms. The monoisotopic (exact) mass is 522 g/mol. The molecule has 1 aromatic carbocycles. The maximum Gasteiger partial charge on any atom is 0.259 e. The van der Waals surface area contributed by atoms with Gasteiger partial charge in [0.1, 0.15) is 5.56 Å². The smallest absolute Gasteiger partial charge is 0.259 e. The van der Waals surface area contributed by atoms with Crippen molar-refractivity contribution >= 4 is 28.1 Å². The highest BCUT2D eigenvalue weighted by Crippen LogP contribution is 2.49. The van der Waals surface area contributed by atoms with E-state index in [1.54, 1.807) is 18.5 Å². The molecule has 2 atom stereocenters. The normalized spacial score (nSPS) is 19.5. The van der Waals surface area contributed by atoms with E-state index < -0.39 is 11.9 Å². The van der Waals surface area contributed by atoms with Gasteiger partial charge in [0.25, 0.3) is 11.5 Å². The maximum atomic E-state index is 13.3. The third-order valence-corrected chi connectivity index (χ3v) is 8.62. The molecule has 4 N–H and O–H groups in total. The zero-order valence-electron chi connectivity index (χ0n) is 22.3. The summed E-state index contributed by atoms with van der Waals surface area (Å²) in [6, 6.07) is 8.92. The van der Waals surface area contributed by atoms with Gasteiger partial charge in [-0.05, 0) is 68.0 Å². The summed E-state index contributed by atoms with van der Waals surface area (Å²) in [6.07, 6.45) is 15.0. The van der Waals surface area contributed by atoms with Crippen molar-refractivity contribution in [3.05, 3.63) is 69.9 Å². The molecule has 2 fully saturated rings. The van der Waals surface area contributed by atoms with Crippen LogP contribution in [0.4, 0.5) is 5.82 Å². The van der Waals surface area contributed by atoms with Crippen LogP contribution in [0, 0.1) is 23.2 Å². The van der Waals surface area contributed by atoms with Gasteiger partial charge in [-0.3, -0.25) is 9.59 Å². The highest BCUT2D eigenvalue weighted by Gasteiger charge is 2.36. The fourth-order valence-electron chi connectivity index (χ4n) is 6.66. The summed E-state index contributed by atoms with van der Waals surface area (Å²) in [5.74, 6) is 7.00. The zero-order chi connectivity index (χ0) is 27.0. The lowest BCUT2D eigenvalue weighted by atomic mass is 9.63. The van der Waals surface area contributed by atoms with E-state index in [9.17, 15) is 9.59 Å². The van der Waals surface area contributed by atoms with Crippen molar-refractivity contribution in [3.63, 3.8) is 0 Å². The van der Waals surface area contributed by atoms with E-state index in [-0.39, 0.29) is 16.9 Å². The molecule has 1 amide bonds. The van der Waals surface area contributed by atoms with Crippen LogP contribution in [0.3, 0.4) is 0 Å². The highest BCUT2D eigenvalue weighted by atomic mass is 16.2. The largest absolute Gasteiger partial charge is 0.381 e. The predicted molar refractivity (Wildman–Crippen MR) is 152 cm³/mol. The van der Waals surface area contributed by atoms with E-state index in [2.05, 4.69) is 32.2 Å². The summed E-state index contributed by atoms with van der Waals surface area (Å²) in [5.41, 5.74) is 8.22. The minimum absolute atomic E-state index is 0.0981. The molecule has 8 heteroatoms. The number of nitrogens with one attached hydrogen (secondary N) is 2. The van der Waals surface area contributed by atoms with Crippen molar-refractivity contribution in [2.75, 3.05) is 5.73 Å². The van der Waals surface area contributed by atoms with Crippen LogP contribution in [0.15, 0.2) is 47.5 Å². The number of nitrogens with two attached hydrogens (primary N) is 1. The lowest BCUT2D eigenvalue weighted by molar-refractivity contribution is 0.0941. The predicted octanol–water partition coefficient (Wildman–Crippen LogP) is 5.14. The van der Waals surface area contributed by atoms with E-state index in [0.717, 1.165) is 17.4 Å². The standard InChI is InChI=1S/C31H34N6O2/c1-20(34-30(39)26-27(32)36-37-17-7-16-33-28(26)37)24-18-23-10-5-9-22(25(23)29(38)35-24)12-11-21-8-6-15-31(19-21)13-3-2-4-14-31/h5,7,9-10,16-18,20-21H,2-4,6,8,13-15,19H2,1H3,(H2,32,36)(H,34,39)(H,35,38). The second-order valence-corrected chi connectivity index (χ2v) is 11.3. The van der Waals surface area contributed by atoms with Crippen LogP contribution in [0.2, 0.25) is 0 Å². The van der Waals surface area contributed by atoms with E-state index in [0.29, 0.717) is 28.1 Å². The number of H-pyrrole nitrogens is 1. The molecule has 0 bridgehead atoms. The first-order valence-corrected chi connectivity index (χ1v) is 14.0. The number of benzene rings is 1. The third kappa shape index (κ3) is 4.89. The Bertz CT molecular complexity index is 1660. The van der Waals surface area contributed by atoms with Crippen molar-refractivity contribution in [1.29, 1.82) is 0 Å². The molecule has 200 valence electrons. The van der Waals surface area contributed by atoms with Gasteiger partial charge in [-0.2, -0.15) is 0 Å². The van der Waals surface area contributed by atoms with Gasteiger partial charge in [0.15, 0.2) is 11.5 Å². The molecular weight excluding hydrogens is 488 g/mol. The van der Waals surface area contributed by atoms with Crippen LogP contribution in [0.1, 0.15) is 92.4 Å². The van der Waals surface area contributed by atoms with Crippen molar-refractivity contribution in [1.82, 2.24) is 24.9 Å². The Kier molecular flexibility index (Phi) is 6.59. The molecule has 3 heterocycles. The average Bonchev–Trinajstić information content (AvgIpc) is 3.28. The summed E-state index contributed by atoms with van der Waals surface area (Å²) in [6.45, 7) is 1.82. The number of nitrogens with zero attached hydrogens (tertiary/aromatic N) is 3. The van der Waals surface area contributed by atoms with Gasteiger partial charge in [0.2, 0.25) is 0 Å². The summed E-state index contributed by atoms with van der Waals surface area (Å²) in [5, 5.41) is 8.47. The van der Waals surface area contributed by atoms with Crippen molar-refractivity contribution < 1.29 is 4.79 Å². The molecule has 3 aromatic heterocycles. The molecule has 0 radical (unpaired) electrons. The summed E-state index contributed by atoms with van der Waals surface area (Å²) < 4.78 is 1.47. The molecular formula is C31H34N6O2. The number of carbonyl (C=O) groups is 1. The lowest BCUT2D eigenvalue weighted by Gasteiger charge is -2.42.